The number of rotatable bonds is 6. The minimum Gasteiger partial charge on any atom is -0.481 e. The Bertz CT molecular complexity index is 1320. The number of carboxylic acids is 1. The molecule has 5 heteroatoms. The molecular weight excluding hydrogens is 422 g/mol. The Morgan fingerprint density at radius 1 is 0.971 bits per heavy atom. The van der Waals surface area contributed by atoms with E-state index in [1.165, 1.54) is 5.56 Å². The molecule has 0 aliphatic heterocycles. The molecule has 0 radical (unpaired) electrons. The SMILES string of the molecule is Cc1cc2c(nc(-c3ccccc3)n2-c2ccc(CCC3(C(=O)O)CCCCC3)cc2)c(C)n1. The van der Waals surface area contributed by atoms with Crippen molar-refractivity contribution in [2.75, 3.05) is 0 Å². The number of pyridine rings is 1. The number of aromatic nitrogens is 3. The number of aryl methyl sites for hydroxylation is 3. The maximum Gasteiger partial charge on any atom is 0.309 e. The fraction of sp³-hybridized carbons (Fsp3) is 0.345. The van der Waals surface area contributed by atoms with Crippen LogP contribution < -0.4 is 0 Å². The normalized spacial score (nSPS) is 15.5. The summed E-state index contributed by atoms with van der Waals surface area (Å²) in [6, 6.07) is 20.8. The highest BCUT2D eigenvalue weighted by Crippen LogP contribution is 2.40. The van der Waals surface area contributed by atoms with Crippen LogP contribution in [0.4, 0.5) is 0 Å². The third-order valence-corrected chi connectivity index (χ3v) is 7.33. The van der Waals surface area contributed by atoms with E-state index in [-0.39, 0.29) is 0 Å². The zero-order valence-electron chi connectivity index (χ0n) is 19.9. The first kappa shape index (κ1) is 22.3. The number of hydrogen-bond acceptors (Lipinski definition) is 3. The fourth-order valence-electron chi connectivity index (χ4n) is 5.42. The number of fused-ring (bicyclic) bond motifs is 1. The molecule has 1 fully saturated rings. The lowest BCUT2D eigenvalue weighted by molar-refractivity contribution is -0.151. The second kappa shape index (κ2) is 9.05. The minimum absolute atomic E-state index is 0.556. The summed E-state index contributed by atoms with van der Waals surface area (Å²) in [5.74, 6) is 0.270. The predicted octanol–water partition coefficient (Wildman–Crippen LogP) is 6.67. The van der Waals surface area contributed by atoms with E-state index < -0.39 is 11.4 Å². The van der Waals surface area contributed by atoms with Crippen molar-refractivity contribution < 1.29 is 9.90 Å². The van der Waals surface area contributed by atoms with E-state index in [1.54, 1.807) is 0 Å². The predicted molar refractivity (Wildman–Crippen MR) is 135 cm³/mol. The highest BCUT2D eigenvalue weighted by atomic mass is 16.4. The van der Waals surface area contributed by atoms with Gasteiger partial charge in [-0.2, -0.15) is 0 Å². The van der Waals surface area contributed by atoms with E-state index in [2.05, 4.69) is 52.0 Å². The number of nitrogens with zero attached hydrogens (tertiary/aromatic N) is 3. The van der Waals surface area contributed by atoms with E-state index in [1.807, 2.05) is 32.0 Å². The average molecular weight is 454 g/mol. The minimum atomic E-state index is -0.624. The van der Waals surface area contributed by atoms with Gasteiger partial charge >= 0.3 is 5.97 Å². The van der Waals surface area contributed by atoms with Gasteiger partial charge in [-0.3, -0.25) is 14.3 Å². The van der Waals surface area contributed by atoms with Gasteiger partial charge < -0.3 is 5.11 Å². The summed E-state index contributed by atoms with van der Waals surface area (Å²) >= 11 is 0. The molecule has 0 bridgehead atoms. The van der Waals surface area contributed by atoms with Crippen LogP contribution in [-0.2, 0) is 11.2 Å². The quantitative estimate of drug-likeness (QED) is 0.354. The Labute approximate surface area is 200 Å². The first-order valence-electron chi connectivity index (χ1n) is 12.2. The van der Waals surface area contributed by atoms with Crippen LogP contribution in [0.2, 0.25) is 0 Å². The zero-order chi connectivity index (χ0) is 23.7. The summed E-state index contributed by atoms with van der Waals surface area (Å²) in [6.45, 7) is 4.02. The van der Waals surface area contributed by atoms with Crippen LogP contribution in [0.15, 0.2) is 60.7 Å². The average Bonchev–Trinajstić information content (AvgIpc) is 3.24. The van der Waals surface area contributed by atoms with Crippen molar-refractivity contribution in [3.05, 3.63) is 77.6 Å². The molecule has 2 aromatic heterocycles. The van der Waals surface area contributed by atoms with Gasteiger partial charge in [0.15, 0.2) is 0 Å². The summed E-state index contributed by atoms with van der Waals surface area (Å²) in [6.07, 6.45) is 6.29. The van der Waals surface area contributed by atoms with E-state index in [0.29, 0.717) is 6.42 Å². The Morgan fingerprint density at radius 2 is 1.68 bits per heavy atom. The largest absolute Gasteiger partial charge is 0.481 e. The number of benzene rings is 2. The third kappa shape index (κ3) is 4.11. The van der Waals surface area contributed by atoms with Gasteiger partial charge in [0.05, 0.1) is 16.6 Å². The van der Waals surface area contributed by atoms with E-state index >= 15 is 0 Å². The van der Waals surface area contributed by atoms with Gasteiger partial charge in [-0.15, -0.1) is 0 Å². The molecule has 0 saturated heterocycles. The molecule has 0 spiro atoms. The van der Waals surface area contributed by atoms with Crippen molar-refractivity contribution in [3.63, 3.8) is 0 Å². The number of aliphatic carboxylic acids is 1. The molecule has 0 amide bonds. The van der Waals surface area contributed by atoms with Gasteiger partial charge in [0, 0.05) is 16.9 Å². The van der Waals surface area contributed by atoms with Crippen molar-refractivity contribution in [1.29, 1.82) is 0 Å². The first-order valence-corrected chi connectivity index (χ1v) is 12.2. The van der Waals surface area contributed by atoms with Gasteiger partial charge in [0.25, 0.3) is 0 Å². The van der Waals surface area contributed by atoms with Crippen LogP contribution in [0.1, 0.15) is 55.5 Å². The van der Waals surface area contributed by atoms with Gasteiger partial charge in [-0.25, -0.2) is 4.98 Å². The van der Waals surface area contributed by atoms with Crippen molar-refractivity contribution >= 4 is 17.0 Å². The fourth-order valence-corrected chi connectivity index (χ4v) is 5.42. The van der Waals surface area contributed by atoms with Crippen LogP contribution in [0.5, 0.6) is 0 Å². The van der Waals surface area contributed by atoms with Gasteiger partial charge in [-0.1, -0.05) is 61.7 Å². The second-order valence-corrected chi connectivity index (χ2v) is 9.67. The number of imidazole rings is 1. The molecule has 0 atom stereocenters. The zero-order valence-corrected chi connectivity index (χ0v) is 19.9. The molecule has 174 valence electrons. The summed E-state index contributed by atoms with van der Waals surface area (Å²) < 4.78 is 2.20. The van der Waals surface area contributed by atoms with Crippen molar-refractivity contribution in [2.24, 2.45) is 5.41 Å². The molecule has 4 aromatic rings. The smallest absolute Gasteiger partial charge is 0.309 e. The third-order valence-electron chi connectivity index (χ3n) is 7.33. The Balaban J connectivity index is 1.50. The van der Waals surface area contributed by atoms with Crippen molar-refractivity contribution in [3.8, 4) is 17.1 Å². The molecular formula is C29H31N3O2. The number of hydrogen-bond donors (Lipinski definition) is 1. The van der Waals surface area contributed by atoms with Gasteiger partial charge in [0.2, 0.25) is 0 Å². The number of carboxylic acid groups (broad SMARTS) is 1. The van der Waals surface area contributed by atoms with Crippen LogP contribution in [0.25, 0.3) is 28.1 Å². The molecule has 2 heterocycles. The highest BCUT2D eigenvalue weighted by Gasteiger charge is 2.38. The van der Waals surface area contributed by atoms with Crippen molar-refractivity contribution in [1.82, 2.24) is 14.5 Å². The summed E-state index contributed by atoms with van der Waals surface area (Å²) in [4.78, 5) is 21.7. The van der Waals surface area contributed by atoms with Gasteiger partial charge in [-0.05, 0) is 63.3 Å². The molecule has 1 N–H and O–H groups in total. The lowest BCUT2D eigenvalue weighted by Crippen LogP contribution is -2.33. The molecule has 5 rings (SSSR count). The lowest BCUT2D eigenvalue weighted by atomic mass is 9.71. The van der Waals surface area contributed by atoms with Crippen LogP contribution in [0, 0.1) is 19.3 Å². The molecule has 1 aliphatic rings. The molecule has 0 unspecified atom stereocenters. The first-order chi connectivity index (χ1) is 16.5. The Morgan fingerprint density at radius 3 is 2.35 bits per heavy atom. The number of carbonyl (C=O) groups is 1. The second-order valence-electron chi connectivity index (χ2n) is 9.67. The molecule has 5 nitrogen and oxygen atoms in total. The highest BCUT2D eigenvalue weighted by molar-refractivity contribution is 5.85. The lowest BCUT2D eigenvalue weighted by Gasteiger charge is -2.33. The van der Waals surface area contributed by atoms with Crippen LogP contribution in [0.3, 0.4) is 0 Å². The van der Waals surface area contributed by atoms with E-state index in [4.69, 9.17) is 4.98 Å². The maximum absolute atomic E-state index is 12.0. The molecule has 2 aromatic carbocycles. The Hall–Kier alpha value is -3.47. The molecule has 34 heavy (non-hydrogen) atoms. The standard InChI is InChI=1S/C29H31N3O2/c1-20-19-25-26(21(2)30-20)31-27(23-9-5-3-6-10-23)32(25)24-13-11-22(12-14-24)15-18-29(28(33)34)16-7-4-8-17-29/h3,5-6,9-14,19H,4,7-8,15-18H2,1-2H3,(H,33,34). The summed E-state index contributed by atoms with van der Waals surface area (Å²) in [7, 11) is 0. The van der Waals surface area contributed by atoms with Gasteiger partial charge in [0.1, 0.15) is 11.3 Å². The van der Waals surface area contributed by atoms with Crippen molar-refractivity contribution in [2.45, 2.75) is 58.8 Å². The molecule has 1 saturated carbocycles. The summed E-state index contributed by atoms with van der Waals surface area (Å²) in [5.41, 5.74) is 6.57. The van der Waals surface area contributed by atoms with Crippen LogP contribution >= 0.6 is 0 Å². The monoisotopic (exact) mass is 453 g/mol. The van der Waals surface area contributed by atoms with E-state index in [0.717, 1.165) is 78.0 Å². The molecule has 1 aliphatic carbocycles. The van der Waals surface area contributed by atoms with Crippen LogP contribution in [-0.4, -0.2) is 25.6 Å². The Kier molecular flexibility index (Phi) is 5.94. The van der Waals surface area contributed by atoms with E-state index in [9.17, 15) is 9.90 Å². The maximum atomic E-state index is 12.0. The summed E-state index contributed by atoms with van der Waals surface area (Å²) in [5, 5.41) is 9.90. The topological polar surface area (TPSA) is 68.0 Å².